The first-order chi connectivity index (χ1) is 12.1. The van der Waals surface area contributed by atoms with Crippen LogP contribution in [0.25, 0.3) is 0 Å². The largest absolute Gasteiger partial charge is 0.457 e. The molecule has 3 aromatic rings. The van der Waals surface area contributed by atoms with Crippen LogP contribution in [0.2, 0.25) is 5.02 Å². The van der Waals surface area contributed by atoms with Gasteiger partial charge in [-0.2, -0.15) is 0 Å². The predicted molar refractivity (Wildman–Crippen MR) is 101 cm³/mol. The first kappa shape index (κ1) is 17.1. The van der Waals surface area contributed by atoms with Crippen LogP contribution in [-0.2, 0) is 11.2 Å². The quantitative estimate of drug-likeness (QED) is 0.647. The summed E-state index contributed by atoms with van der Waals surface area (Å²) in [5, 5.41) is 3.54. The van der Waals surface area contributed by atoms with Gasteiger partial charge in [-0.05, 0) is 66.6 Å². The number of anilines is 1. The lowest BCUT2D eigenvalue weighted by Crippen LogP contribution is -2.14. The fraction of sp³-hybridized carbons (Fsp3) is 0.0952. The van der Waals surface area contributed by atoms with E-state index >= 15 is 0 Å². The van der Waals surface area contributed by atoms with Gasteiger partial charge in [0.1, 0.15) is 11.5 Å². The van der Waals surface area contributed by atoms with Crippen molar-refractivity contribution in [1.29, 1.82) is 0 Å². The molecule has 3 nitrogen and oxygen atoms in total. The molecule has 126 valence electrons. The highest BCUT2D eigenvalue weighted by Gasteiger charge is 2.05. The molecule has 0 radical (unpaired) electrons. The fourth-order valence-electron chi connectivity index (χ4n) is 2.41. The Morgan fingerprint density at radius 1 is 0.960 bits per heavy atom. The molecule has 0 spiro atoms. The predicted octanol–water partition coefficient (Wildman–Crippen LogP) is 5.62. The Morgan fingerprint density at radius 3 is 2.36 bits per heavy atom. The van der Waals surface area contributed by atoms with E-state index in [1.54, 1.807) is 12.1 Å². The third-order valence-corrected chi connectivity index (χ3v) is 3.89. The maximum absolute atomic E-state index is 12.1. The smallest absolute Gasteiger partial charge is 0.228 e. The molecule has 0 aromatic heterocycles. The molecule has 4 heteroatoms. The fourth-order valence-corrected chi connectivity index (χ4v) is 2.54. The highest BCUT2D eigenvalue weighted by molar-refractivity contribution is 6.30. The van der Waals surface area contributed by atoms with Gasteiger partial charge in [0.25, 0.3) is 0 Å². The molecule has 1 amide bonds. The van der Waals surface area contributed by atoms with Gasteiger partial charge in [0.15, 0.2) is 0 Å². The lowest BCUT2D eigenvalue weighted by atomic mass is 10.1. The topological polar surface area (TPSA) is 38.3 Å². The number of rotatable bonds is 5. The van der Waals surface area contributed by atoms with Crippen LogP contribution in [0.1, 0.15) is 11.1 Å². The van der Waals surface area contributed by atoms with Gasteiger partial charge in [0.2, 0.25) is 5.91 Å². The van der Waals surface area contributed by atoms with Crippen molar-refractivity contribution in [2.75, 3.05) is 5.32 Å². The summed E-state index contributed by atoms with van der Waals surface area (Å²) in [6.07, 6.45) is 0.304. The normalized spacial score (nSPS) is 10.3. The number of carbonyl (C=O) groups excluding carboxylic acids is 1. The van der Waals surface area contributed by atoms with Gasteiger partial charge in [-0.3, -0.25) is 4.79 Å². The summed E-state index contributed by atoms with van der Waals surface area (Å²) in [5.74, 6) is 1.44. The number of carbonyl (C=O) groups is 1. The van der Waals surface area contributed by atoms with Crippen molar-refractivity contribution in [2.45, 2.75) is 13.3 Å². The minimum absolute atomic E-state index is 0.0744. The number of nitrogens with one attached hydrogen (secondary N) is 1. The SMILES string of the molecule is Cc1cccc(Oc2ccc(NC(=O)Cc3ccc(Cl)cc3)cc2)c1. The van der Waals surface area contributed by atoms with Gasteiger partial charge in [0, 0.05) is 10.7 Å². The van der Waals surface area contributed by atoms with E-state index in [2.05, 4.69) is 5.32 Å². The molecule has 0 heterocycles. The molecule has 25 heavy (non-hydrogen) atoms. The molecule has 0 fully saturated rings. The second-order valence-corrected chi connectivity index (χ2v) is 6.23. The number of ether oxygens (including phenoxy) is 1. The number of aryl methyl sites for hydroxylation is 1. The zero-order valence-electron chi connectivity index (χ0n) is 13.8. The molecular formula is C21H18ClNO2. The Balaban J connectivity index is 1.58. The first-order valence-corrected chi connectivity index (χ1v) is 8.35. The van der Waals surface area contributed by atoms with E-state index in [9.17, 15) is 4.79 Å². The van der Waals surface area contributed by atoms with E-state index in [4.69, 9.17) is 16.3 Å². The van der Waals surface area contributed by atoms with E-state index in [0.29, 0.717) is 11.4 Å². The van der Waals surface area contributed by atoms with E-state index in [-0.39, 0.29) is 5.91 Å². The molecule has 0 bridgehead atoms. The summed E-state index contributed by atoms with van der Waals surface area (Å²) in [6, 6.07) is 22.4. The molecule has 0 saturated carbocycles. The maximum atomic E-state index is 12.1. The average Bonchev–Trinajstić information content (AvgIpc) is 2.59. The standard InChI is InChI=1S/C21H18ClNO2/c1-15-3-2-4-20(13-15)25-19-11-9-18(10-12-19)23-21(24)14-16-5-7-17(22)8-6-16/h2-13H,14H2,1H3,(H,23,24). The zero-order valence-corrected chi connectivity index (χ0v) is 14.6. The molecular weight excluding hydrogens is 334 g/mol. The summed E-state index contributed by atoms with van der Waals surface area (Å²) in [6.45, 7) is 2.02. The second-order valence-electron chi connectivity index (χ2n) is 5.79. The van der Waals surface area contributed by atoms with E-state index < -0.39 is 0 Å². The molecule has 0 saturated heterocycles. The minimum atomic E-state index is -0.0744. The Morgan fingerprint density at radius 2 is 1.68 bits per heavy atom. The van der Waals surface area contributed by atoms with Crippen molar-refractivity contribution in [3.8, 4) is 11.5 Å². The van der Waals surface area contributed by atoms with Crippen LogP contribution in [-0.4, -0.2) is 5.91 Å². The molecule has 0 aliphatic rings. The number of hydrogen-bond donors (Lipinski definition) is 1. The monoisotopic (exact) mass is 351 g/mol. The van der Waals surface area contributed by atoms with Crippen LogP contribution in [0.3, 0.4) is 0 Å². The molecule has 3 aromatic carbocycles. The number of hydrogen-bond acceptors (Lipinski definition) is 2. The molecule has 0 aliphatic heterocycles. The number of benzene rings is 3. The highest BCUT2D eigenvalue weighted by Crippen LogP contribution is 2.23. The third kappa shape index (κ3) is 5.10. The number of halogens is 1. The summed E-state index contributed by atoms with van der Waals surface area (Å²) >= 11 is 5.85. The van der Waals surface area contributed by atoms with E-state index in [0.717, 1.165) is 28.3 Å². The lowest BCUT2D eigenvalue weighted by Gasteiger charge is -2.09. The Kier molecular flexibility index (Phi) is 5.36. The number of amides is 1. The molecule has 0 atom stereocenters. The van der Waals surface area contributed by atoms with Gasteiger partial charge >= 0.3 is 0 Å². The van der Waals surface area contributed by atoms with Crippen LogP contribution < -0.4 is 10.1 Å². The van der Waals surface area contributed by atoms with Crippen LogP contribution in [0, 0.1) is 6.92 Å². The summed E-state index contributed by atoms with van der Waals surface area (Å²) in [7, 11) is 0. The molecule has 0 unspecified atom stereocenters. The van der Waals surface area contributed by atoms with Gasteiger partial charge in [0.05, 0.1) is 6.42 Å². The van der Waals surface area contributed by atoms with Crippen LogP contribution in [0.15, 0.2) is 72.8 Å². The minimum Gasteiger partial charge on any atom is -0.457 e. The van der Waals surface area contributed by atoms with Gasteiger partial charge in [-0.1, -0.05) is 35.9 Å². The molecule has 0 aliphatic carbocycles. The van der Waals surface area contributed by atoms with Crippen molar-refractivity contribution >= 4 is 23.2 Å². The summed E-state index contributed by atoms with van der Waals surface area (Å²) < 4.78 is 5.80. The first-order valence-electron chi connectivity index (χ1n) is 7.97. The third-order valence-electron chi connectivity index (χ3n) is 3.64. The average molecular weight is 352 g/mol. The van der Waals surface area contributed by atoms with Crippen molar-refractivity contribution < 1.29 is 9.53 Å². The van der Waals surface area contributed by atoms with E-state index in [1.165, 1.54) is 0 Å². The van der Waals surface area contributed by atoms with Crippen molar-refractivity contribution in [2.24, 2.45) is 0 Å². The van der Waals surface area contributed by atoms with Crippen molar-refractivity contribution in [3.63, 3.8) is 0 Å². The Bertz CT molecular complexity index is 858. The lowest BCUT2D eigenvalue weighted by molar-refractivity contribution is -0.115. The van der Waals surface area contributed by atoms with Gasteiger partial charge in [-0.25, -0.2) is 0 Å². The molecule has 3 rings (SSSR count). The summed E-state index contributed by atoms with van der Waals surface area (Å²) in [5.41, 5.74) is 2.79. The van der Waals surface area contributed by atoms with Crippen molar-refractivity contribution in [1.82, 2.24) is 0 Å². The van der Waals surface area contributed by atoms with Gasteiger partial charge < -0.3 is 10.1 Å². The second kappa shape index (κ2) is 7.86. The molecule has 1 N–H and O–H groups in total. The summed E-state index contributed by atoms with van der Waals surface area (Å²) in [4.78, 5) is 12.1. The highest BCUT2D eigenvalue weighted by atomic mass is 35.5. The zero-order chi connectivity index (χ0) is 17.6. The van der Waals surface area contributed by atoms with Crippen LogP contribution in [0.4, 0.5) is 5.69 Å². The van der Waals surface area contributed by atoms with Crippen molar-refractivity contribution in [3.05, 3.63) is 88.9 Å². The van der Waals surface area contributed by atoms with Gasteiger partial charge in [-0.15, -0.1) is 0 Å². The van der Waals surface area contributed by atoms with Crippen LogP contribution in [0.5, 0.6) is 11.5 Å². The van der Waals surface area contributed by atoms with E-state index in [1.807, 2.05) is 67.6 Å². The maximum Gasteiger partial charge on any atom is 0.228 e. The van der Waals surface area contributed by atoms with Crippen LogP contribution >= 0.6 is 11.6 Å². The Hall–Kier alpha value is -2.78. The Labute approximate surface area is 152 Å².